The maximum atomic E-state index is 8.63. The van der Waals surface area contributed by atoms with Gasteiger partial charge in [-0.3, -0.25) is 0 Å². The van der Waals surface area contributed by atoms with Gasteiger partial charge in [0.2, 0.25) is 5.71 Å². The number of benzene rings is 3. The molecule has 0 aliphatic heterocycles. The van der Waals surface area contributed by atoms with E-state index < -0.39 is 19.1 Å². The Morgan fingerprint density at radius 3 is 2.44 bits per heavy atom. The van der Waals surface area contributed by atoms with Crippen molar-refractivity contribution in [3.63, 3.8) is 0 Å². The number of aryl methyl sites for hydroxylation is 1. The van der Waals surface area contributed by atoms with Crippen molar-refractivity contribution in [3.8, 4) is 22.5 Å². The van der Waals surface area contributed by atoms with Gasteiger partial charge in [-0.1, -0.05) is 73.3 Å². The zero-order valence-electron chi connectivity index (χ0n) is 29.6. The van der Waals surface area contributed by atoms with E-state index in [9.17, 15) is 0 Å². The second kappa shape index (κ2) is 13.7. The number of hydrogen-bond acceptors (Lipinski definition) is 4. The molecule has 43 heavy (non-hydrogen) atoms. The Morgan fingerprint density at radius 1 is 0.860 bits per heavy atom. The molecule has 0 spiro atoms. The molecule has 0 aliphatic carbocycles. The van der Waals surface area contributed by atoms with Crippen LogP contribution >= 0.6 is 0 Å². The van der Waals surface area contributed by atoms with Gasteiger partial charge in [0.05, 0.1) is 5.58 Å². The van der Waals surface area contributed by atoms with E-state index in [1.165, 1.54) is 6.20 Å². The molecule has 0 aliphatic rings. The summed E-state index contributed by atoms with van der Waals surface area (Å²) in [5.74, 6) is -1.16. The van der Waals surface area contributed by atoms with Crippen molar-refractivity contribution in [3.05, 3.63) is 150 Å². The van der Waals surface area contributed by atoms with Crippen LogP contribution in [0.4, 0.5) is 0 Å². The van der Waals surface area contributed by atoms with E-state index in [2.05, 4.69) is 27.1 Å². The summed E-state index contributed by atoms with van der Waals surface area (Å²) in [4.78, 5) is 13.1. The molecule has 3 aromatic carbocycles. The van der Waals surface area contributed by atoms with E-state index in [-0.39, 0.29) is 37.1 Å². The van der Waals surface area contributed by atoms with Gasteiger partial charge in [0.15, 0.2) is 0 Å². The zero-order chi connectivity index (χ0) is 34.1. The van der Waals surface area contributed by atoms with Crippen LogP contribution in [0.5, 0.6) is 0 Å². The molecule has 4 heterocycles. The molecular weight excluding hydrogens is 707 g/mol. The van der Waals surface area contributed by atoms with Gasteiger partial charge in [0.1, 0.15) is 0 Å². The fourth-order valence-corrected chi connectivity index (χ4v) is 4.63. The first kappa shape index (κ1) is 23.1. The Kier molecular flexibility index (Phi) is 7.34. The van der Waals surface area contributed by atoms with Crippen LogP contribution in [-0.4, -0.2) is 15.0 Å². The fraction of sp³-hybridized carbons (Fsp3) is 0.132. The number of rotatable bonds is 5. The van der Waals surface area contributed by atoms with Gasteiger partial charge in [0, 0.05) is 58.2 Å². The summed E-state index contributed by atoms with van der Waals surface area (Å²) in [6, 6.07) is 37.4. The Labute approximate surface area is 274 Å². The van der Waals surface area contributed by atoms with Gasteiger partial charge in [0.25, 0.3) is 0 Å². The molecule has 0 atom stereocenters. The van der Waals surface area contributed by atoms with E-state index in [0.717, 1.165) is 16.6 Å². The standard InChI is InChI=1S/C27H23N2O.C11H8N.Ir/c1-17(2)24-15-25(28-16-18(24)3)23-11-7-10-21-22-13-12-20(29-27(22)30-26(21)23)14-19-8-5-4-6-9-19;1-2-6-10(7-3-1)11-8-4-5-9-12-11;/h4-10,12-13,15-17H,14H2,1-3H3;1-6,8-9H;/q2*-1;/i3D3,14D2,17D;;. The molecule has 7 rings (SSSR count). The van der Waals surface area contributed by atoms with Crippen LogP contribution in [0, 0.1) is 19.0 Å². The Hall–Kier alpha value is -4.44. The van der Waals surface area contributed by atoms with Crippen molar-refractivity contribution in [2.75, 3.05) is 0 Å². The first-order valence-electron chi connectivity index (χ1n) is 16.5. The van der Waals surface area contributed by atoms with Gasteiger partial charge >= 0.3 is 0 Å². The van der Waals surface area contributed by atoms with Crippen molar-refractivity contribution < 1.29 is 32.7 Å². The summed E-state index contributed by atoms with van der Waals surface area (Å²) in [7, 11) is 0. The SMILES string of the molecule is [2H]C([2H])([2H])c1cnc(-c2[c-]ccc3c2oc2nc(C([2H])([2H])c4ccccc4)ccc23)cc1C([2H])(C)C.[Ir].[c-]1ccccc1-c1ccccn1. The number of nitrogens with zero attached hydrogens (tertiary/aromatic N) is 3. The van der Waals surface area contributed by atoms with E-state index in [1.54, 1.807) is 68.6 Å². The van der Waals surface area contributed by atoms with Crippen molar-refractivity contribution >= 4 is 22.1 Å². The van der Waals surface area contributed by atoms with Crippen molar-refractivity contribution in [1.82, 2.24) is 15.0 Å². The van der Waals surface area contributed by atoms with Gasteiger partial charge < -0.3 is 14.4 Å². The molecule has 0 amide bonds. The van der Waals surface area contributed by atoms with E-state index >= 15 is 0 Å². The van der Waals surface area contributed by atoms with Crippen LogP contribution in [-0.2, 0) is 26.5 Å². The smallest absolute Gasteiger partial charge is 0.216 e. The maximum Gasteiger partial charge on any atom is 0.216 e. The van der Waals surface area contributed by atoms with Crippen molar-refractivity contribution in [2.24, 2.45) is 0 Å². The molecule has 0 N–H and O–H groups in total. The van der Waals surface area contributed by atoms with Crippen LogP contribution in [0.25, 0.3) is 44.6 Å². The van der Waals surface area contributed by atoms with Gasteiger partial charge in [-0.25, -0.2) is 4.98 Å². The molecule has 4 nitrogen and oxygen atoms in total. The molecule has 5 heteroatoms. The topological polar surface area (TPSA) is 51.8 Å². The summed E-state index contributed by atoms with van der Waals surface area (Å²) >= 11 is 0. The number of furan rings is 1. The maximum absolute atomic E-state index is 8.63. The Balaban J connectivity index is 0.000000303. The van der Waals surface area contributed by atoms with Crippen LogP contribution in [0.2, 0.25) is 0 Å². The van der Waals surface area contributed by atoms with Gasteiger partial charge in [-0.15, -0.1) is 54.1 Å². The molecule has 0 saturated heterocycles. The summed E-state index contributed by atoms with van der Waals surface area (Å²) in [5, 5.41) is 1.47. The van der Waals surface area contributed by atoms with E-state index in [0.29, 0.717) is 33.4 Å². The fourth-order valence-electron chi connectivity index (χ4n) is 4.63. The molecule has 7 aromatic rings. The van der Waals surface area contributed by atoms with E-state index in [1.807, 2.05) is 54.6 Å². The van der Waals surface area contributed by atoms with Crippen molar-refractivity contribution in [2.45, 2.75) is 33.0 Å². The molecule has 0 fully saturated rings. The second-order valence-electron chi connectivity index (χ2n) is 9.84. The number of aromatic nitrogens is 3. The molecule has 215 valence electrons. The summed E-state index contributed by atoms with van der Waals surface area (Å²) in [5.41, 5.74) is 4.81. The summed E-state index contributed by atoms with van der Waals surface area (Å²) in [6.45, 7) is 0.879. The third-order valence-electron chi connectivity index (χ3n) is 6.69. The Morgan fingerprint density at radius 2 is 1.70 bits per heavy atom. The molecule has 0 saturated carbocycles. The van der Waals surface area contributed by atoms with Crippen LogP contribution < -0.4 is 0 Å². The average Bonchev–Trinajstić information content (AvgIpc) is 3.47. The normalized spacial score (nSPS) is 13.7. The van der Waals surface area contributed by atoms with Crippen LogP contribution in [0.1, 0.15) is 50.4 Å². The third-order valence-corrected chi connectivity index (χ3v) is 6.69. The number of fused-ring (bicyclic) bond motifs is 3. The molecule has 4 aromatic heterocycles. The molecule has 0 bridgehead atoms. The molecular formula is C38H31IrN3O-2. The molecule has 0 unspecified atom stereocenters. The van der Waals surface area contributed by atoms with Crippen molar-refractivity contribution in [1.29, 1.82) is 0 Å². The minimum Gasteiger partial charge on any atom is -0.486 e. The molecule has 1 radical (unpaired) electrons. The Bertz CT molecular complexity index is 2150. The first-order valence-corrected chi connectivity index (χ1v) is 13.5. The minimum absolute atomic E-state index is 0. The van der Waals surface area contributed by atoms with Crippen LogP contribution in [0.3, 0.4) is 0 Å². The number of hydrogen-bond donors (Lipinski definition) is 0. The largest absolute Gasteiger partial charge is 0.486 e. The summed E-state index contributed by atoms with van der Waals surface area (Å²) in [6.07, 6.45) is 1.27. The predicted octanol–water partition coefficient (Wildman–Crippen LogP) is 9.41. The van der Waals surface area contributed by atoms with Gasteiger partial charge in [-0.05, 0) is 59.0 Å². The monoisotopic (exact) mass is 744 g/mol. The zero-order valence-corrected chi connectivity index (χ0v) is 25.9. The minimum atomic E-state index is -2.40. The van der Waals surface area contributed by atoms with E-state index in [4.69, 9.17) is 12.6 Å². The van der Waals surface area contributed by atoms with Gasteiger partial charge in [-0.2, -0.15) is 0 Å². The first-order chi connectivity index (χ1) is 22.8. The number of pyridine rings is 3. The average molecular weight is 744 g/mol. The summed E-state index contributed by atoms with van der Waals surface area (Å²) < 4.78 is 55.4. The predicted molar refractivity (Wildman–Crippen MR) is 170 cm³/mol. The second-order valence-corrected chi connectivity index (χ2v) is 9.84. The van der Waals surface area contributed by atoms with Crippen LogP contribution in [0.15, 0.2) is 120 Å². The third kappa shape index (κ3) is 6.80. The quantitative estimate of drug-likeness (QED) is 0.165.